The van der Waals surface area contributed by atoms with Crippen molar-refractivity contribution < 1.29 is 8.78 Å². The Morgan fingerprint density at radius 2 is 1.76 bits per heavy atom. The third-order valence-electron chi connectivity index (χ3n) is 4.18. The van der Waals surface area contributed by atoms with Crippen LogP contribution in [0.4, 0.5) is 8.78 Å². The molecule has 2 heterocycles. The summed E-state index contributed by atoms with van der Waals surface area (Å²) in [5.74, 6) is -0.776. The highest BCUT2D eigenvalue weighted by molar-refractivity contribution is 5.25. The fraction of sp³-hybridized carbons (Fsp3) is 0.571. The maximum atomic E-state index is 13.8. The summed E-state index contributed by atoms with van der Waals surface area (Å²) in [6, 6.07) is 4.69. The van der Waals surface area contributed by atoms with E-state index in [1.807, 2.05) is 0 Å². The summed E-state index contributed by atoms with van der Waals surface area (Å²) in [6.07, 6.45) is 5.57. The number of hydrogen-bond donors (Lipinski definition) is 0. The van der Waals surface area contributed by atoms with Gasteiger partial charge in [0.2, 0.25) is 0 Å². The fourth-order valence-corrected chi connectivity index (χ4v) is 3.40. The number of halogens is 2. The Balaban J connectivity index is 1.94. The summed E-state index contributed by atoms with van der Waals surface area (Å²) in [5, 5.41) is 0. The SMILES string of the molecule is Fc1cccc(F)c1[C@@H]1CC[C@@H]2CCCCN21. The Morgan fingerprint density at radius 3 is 2.53 bits per heavy atom. The van der Waals surface area contributed by atoms with Crippen LogP contribution in [0.1, 0.15) is 43.7 Å². The highest BCUT2D eigenvalue weighted by Gasteiger charge is 2.37. The van der Waals surface area contributed by atoms with Gasteiger partial charge in [0, 0.05) is 17.6 Å². The van der Waals surface area contributed by atoms with Crippen molar-refractivity contribution in [3.8, 4) is 0 Å². The molecule has 0 bridgehead atoms. The fourth-order valence-electron chi connectivity index (χ4n) is 3.40. The third kappa shape index (κ3) is 1.86. The maximum Gasteiger partial charge on any atom is 0.130 e. The number of rotatable bonds is 1. The Kier molecular flexibility index (Phi) is 2.87. The van der Waals surface area contributed by atoms with Gasteiger partial charge in [-0.25, -0.2) is 8.78 Å². The molecule has 0 radical (unpaired) electrons. The minimum absolute atomic E-state index is 0.0403. The van der Waals surface area contributed by atoms with Gasteiger partial charge in [0.15, 0.2) is 0 Å². The lowest BCUT2D eigenvalue weighted by Gasteiger charge is -2.34. The van der Waals surface area contributed by atoms with Gasteiger partial charge < -0.3 is 0 Å². The van der Waals surface area contributed by atoms with Crippen LogP contribution in [0, 0.1) is 11.6 Å². The molecule has 3 rings (SSSR count). The third-order valence-corrected chi connectivity index (χ3v) is 4.18. The summed E-state index contributed by atoms with van der Waals surface area (Å²) >= 11 is 0. The summed E-state index contributed by atoms with van der Waals surface area (Å²) in [5.41, 5.74) is 0.289. The lowest BCUT2D eigenvalue weighted by molar-refractivity contribution is 0.145. The van der Waals surface area contributed by atoms with Crippen molar-refractivity contribution in [1.29, 1.82) is 0 Å². The van der Waals surface area contributed by atoms with Crippen LogP contribution in [0.3, 0.4) is 0 Å². The Labute approximate surface area is 100 Å². The van der Waals surface area contributed by atoms with Gasteiger partial charge in [0.05, 0.1) is 0 Å². The van der Waals surface area contributed by atoms with Crippen LogP contribution < -0.4 is 0 Å². The predicted molar refractivity (Wildman–Crippen MR) is 62.7 cm³/mol. The lowest BCUT2D eigenvalue weighted by atomic mass is 10.0. The summed E-state index contributed by atoms with van der Waals surface area (Å²) in [4.78, 5) is 2.31. The highest BCUT2D eigenvalue weighted by Crippen LogP contribution is 2.41. The lowest BCUT2D eigenvalue weighted by Crippen LogP contribution is -2.36. The van der Waals surface area contributed by atoms with Crippen molar-refractivity contribution in [2.75, 3.05) is 6.54 Å². The van der Waals surface area contributed by atoms with Crippen LogP contribution in [-0.4, -0.2) is 17.5 Å². The van der Waals surface area contributed by atoms with E-state index in [0.29, 0.717) is 6.04 Å². The molecule has 0 aromatic heterocycles. The van der Waals surface area contributed by atoms with Crippen LogP contribution >= 0.6 is 0 Å². The van der Waals surface area contributed by atoms with E-state index in [0.717, 1.165) is 25.8 Å². The molecule has 3 heteroatoms. The minimum atomic E-state index is -0.388. The van der Waals surface area contributed by atoms with Gasteiger partial charge in [-0.1, -0.05) is 12.5 Å². The molecule has 0 spiro atoms. The van der Waals surface area contributed by atoms with Crippen LogP contribution in [-0.2, 0) is 0 Å². The zero-order valence-corrected chi connectivity index (χ0v) is 9.83. The van der Waals surface area contributed by atoms with Gasteiger partial charge in [0.25, 0.3) is 0 Å². The van der Waals surface area contributed by atoms with E-state index in [-0.39, 0.29) is 23.2 Å². The van der Waals surface area contributed by atoms with Crippen LogP contribution in [0.15, 0.2) is 18.2 Å². The number of nitrogens with zero attached hydrogens (tertiary/aromatic N) is 1. The maximum absolute atomic E-state index is 13.8. The zero-order valence-electron chi connectivity index (χ0n) is 9.83. The van der Waals surface area contributed by atoms with E-state index < -0.39 is 0 Å². The van der Waals surface area contributed by atoms with E-state index in [2.05, 4.69) is 4.90 Å². The van der Waals surface area contributed by atoms with Crippen LogP contribution in [0.5, 0.6) is 0 Å². The number of benzene rings is 1. The van der Waals surface area contributed by atoms with E-state index in [9.17, 15) is 8.78 Å². The van der Waals surface area contributed by atoms with Gasteiger partial charge in [0.1, 0.15) is 11.6 Å². The molecule has 0 unspecified atom stereocenters. The van der Waals surface area contributed by atoms with Crippen molar-refractivity contribution >= 4 is 0 Å². The first-order chi connectivity index (χ1) is 8.27. The number of hydrogen-bond acceptors (Lipinski definition) is 1. The molecule has 0 saturated carbocycles. The largest absolute Gasteiger partial charge is 0.293 e. The molecule has 2 aliphatic heterocycles. The second-order valence-electron chi connectivity index (χ2n) is 5.12. The second kappa shape index (κ2) is 4.37. The smallest absolute Gasteiger partial charge is 0.130 e. The number of fused-ring (bicyclic) bond motifs is 1. The van der Waals surface area contributed by atoms with Crippen LogP contribution in [0.25, 0.3) is 0 Å². The van der Waals surface area contributed by atoms with Crippen LogP contribution in [0.2, 0.25) is 0 Å². The van der Waals surface area contributed by atoms with Gasteiger partial charge in [-0.05, 0) is 44.4 Å². The molecule has 1 aromatic rings. The van der Waals surface area contributed by atoms with E-state index in [4.69, 9.17) is 0 Å². The van der Waals surface area contributed by atoms with Crippen molar-refractivity contribution in [2.45, 2.75) is 44.2 Å². The molecule has 92 valence electrons. The molecule has 0 aliphatic carbocycles. The summed E-state index contributed by atoms with van der Waals surface area (Å²) < 4.78 is 27.6. The van der Waals surface area contributed by atoms with Crippen molar-refractivity contribution in [3.63, 3.8) is 0 Å². The quantitative estimate of drug-likeness (QED) is 0.720. The first-order valence-corrected chi connectivity index (χ1v) is 6.47. The predicted octanol–water partition coefficient (Wildman–Crippen LogP) is 3.65. The molecule has 0 N–H and O–H groups in total. The van der Waals surface area contributed by atoms with Gasteiger partial charge >= 0.3 is 0 Å². The highest BCUT2D eigenvalue weighted by atomic mass is 19.1. The first kappa shape index (κ1) is 11.1. The molecule has 0 amide bonds. The standard InChI is InChI=1S/C14H17F2N/c15-11-5-3-6-12(16)14(11)13-8-7-10-4-1-2-9-17(10)13/h3,5-6,10,13H,1-2,4,7-9H2/t10-,13-/m0/s1. The Morgan fingerprint density at radius 1 is 1.00 bits per heavy atom. The molecule has 2 atom stereocenters. The van der Waals surface area contributed by atoms with Gasteiger partial charge in [-0.3, -0.25) is 4.90 Å². The van der Waals surface area contributed by atoms with Gasteiger partial charge in [-0.2, -0.15) is 0 Å². The molecule has 1 aromatic carbocycles. The van der Waals surface area contributed by atoms with E-state index in [1.54, 1.807) is 0 Å². The van der Waals surface area contributed by atoms with Crippen molar-refractivity contribution in [3.05, 3.63) is 35.4 Å². The Hall–Kier alpha value is -0.960. The van der Waals surface area contributed by atoms with Gasteiger partial charge in [-0.15, -0.1) is 0 Å². The molecular weight excluding hydrogens is 220 g/mol. The average Bonchev–Trinajstić information content (AvgIpc) is 2.73. The molecular formula is C14H17F2N. The van der Waals surface area contributed by atoms with E-state index in [1.165, 1.54) is 31.0 Å². The van der Waals surface area contributed by atoms with E-state index >= 15 is 0 Å². The molecule has 17 heavy (non-hydrogen) atoms. The number of piperidine rings is 1. The van der Waals surface area contributed by atoms with Crippen molar-refractivity contribution in [2.24, 2.45) is 0 Å². The Bertz CT molecular complexity index is 398. The normalized spacial score (nSPS) is 29.3. The average molecular weight is 237 g/mol. The minimum Gasteiger partial charge on any atom is -0.293 e. The first-order valence-electron chi connectivity index (χ1n) is 6.47. The summed E-state index contributed by atoms with van der Waals surface area (Å²) in [7, 11) is 0. The summed E-state index contributed by atoms with van der Waals surface area (Å²) in [6.45, 7) is 0.989. The molecule has 2 saturated heterocycles. The molecule has 2 aliphatic rings. The zero-order chi connectivity index (χ0) is 11.8. The van der Waals surface area contributed by atoms with Crippen molar-refractivity contribution in [1.82, 2.24) is 4.90 Å². The molecule has 1 nitrogen and oxygen atoms in total. The molecule has 2 fully saturated rings. The monoisotopic (exact) mass is 237 g/mol. The second-order valence-corrected chi connectivity index (χ2v) is 5.12. The topological polar surface area (TPSA) is 3.24 Å².